The number of carbonyl (C=O) groups is 2. The largest absolute Gasteiger partial charge is 0.495 e. The molecule has 0 spiro atoms. The van der Waals surface area contributed by atoms with E-state index in [-0.39, 0.29) is 5.91 Å². The van der Waals surface area contributed by atoms with Crippen molar-refractivity contribution in [3.8, 4) is 5.75 Å². The molecule has 1 fully saturated rings. The van der Waals surface area contributed by atoms with E-state index in [1.54, 1.807) is 39.7 Å². The van der Waals surface area contributed by atoms with Gasteiger partial charge in [0.1, 0.15) is 17.4 Å². The first kappa shape index (κ1) is 19.9. The number of piperazine rings is 1. The van der Waals surface area contributed by atoms with Crippen LogP contribution < -0.4 is 15.0 Å². The second kappa shape index (κ2) is 8.29. The molecule has 1 N–H and O–H groups in total. The highest BCUT2D eigenvalue weighted by atomic mass is 16.6. The van der Waals surface area contributed by atoms with Crippen LogP contribution in [-0.2, 0) is 9.53 Å². The van der Waals surface area contributed by atoms with Gasteiger partial charge in [-0.3, -0.25) is 4.79 Å². The summed E-state index contributed by atoms with van der Waals surface area (Å²) < 4.78 is 10.6. The number of benzene rings is 1. The normalized spacial score (nSPS) is 16.0. The number of rotatable bonds is 4. The number of nitrogens with zero attached hydrogens (tertiary/aromatic N) is 2. The zero-order valence-electron chi connectivity index (χ0n) is 16.2. The van der Waals surface area contributed by atoms with E-state index in [1.165, 1.54) is 0 Å². The smallest absolute Gasteiger partial charge is 0.408 e. The predicted molar refractivity (Wildman–Crippen MR) is 101 cm³/mol. The first-order chi connectivity index (χ1) is 12.2. The van der Waals surface area contributed by atoms with Crippen molar-refractivity contribution in [1.29, 1.82) is 0 Å². The summed E-state index contributed by atoms with van der Waals surface area (Å²) >= 11 is 0. The number of hydrogen-bond donors (Lipinski definition) is 1. The van der Waals surface area contributed by atoms with Crippen LogP contribution in [0.15, 0.2) is 24.3 Å². The van der Waals surface area contributed by atoms with E-state index in [1.807, 2.05) is 24.3 Å². The number of alkyl carbamates (subject to hydrolysis) is 1. The fraction of sp³-hybridized carbons (Fsp3) is 0.579. The average Bonchev–Trinajstić information content (AvgIpc) is 2.59. The maximum Gasteiger partial charge on any atom is 0.408 e. The number of hydrogen-bond acceptors (Lipinski definition) is 5. The van der Waals surface area contributed by atoms with Gasteiger partial charge >= 0.3 is 6.09 Å². The van der Waals surface area contributed by atoms with E-state index < -0.39 is 17.7 Å². The molecule has 1 heterocycles. The third kappa shape index (κ3) is 5.28. The van der Waals surface area contributed by atoms with E-state index in [2.05, 4.69) is 10.2 Å². The molecule has 1 aromatic carbocycles. The molecule has 0 aliphatic carbocycles. The highest BCUT2D eigenvalue weighted by Crippen LogP contribution is 2.28. The summed E-state index contributed by atoms with van der Waals surface area (Å²) in [6, 6.07) is 7.24. The van der Waals surface area contributed by atoms with Crippen LogP contribution in [0.1, 0.15) is 27.7 Å². The Morgan fingerprint density at radius 2 is 1.73 bits per heavy atom. The Morgan fingerprint density at radius 1 is 1.12 bits per heavy atom. The van der Waals surface area contributed by atoms with Gasteiger partial charge in [-0.2, -0.15) is 0 Å². The molecule has 0 saturated carbocycles. The van der Waals surface area contributed by atoms with Crippen molar-refractivity contribution in [2.24, 2.45) is 0 Å². The monoisotopic (exact) mass is 363 g/mol. The third-order valence-electron chi connectivity index (χ3n) is 4.12. The fourth-order valence-corrected chi connectivity index (χ4v) is 2.88. The molecule has 0 bridgehead atoms. The minimum Gasteiger partial charge on any atom is -0.495 e. The van der Waals surface area contributed by atoms with Crippen molar-refractivity contribution in [3.05, 3.63) is 24.3 Å². The van der Waals surface area contributed by atoms with Crippen molar-refractivity contribution in [2.75, 3.05) is 38.2 Å². The Balaban J connectivity index is 1.88. The molecule has 7 nitrogen and oxygen atoms in total. The molecule has 1 aromatic rings. The Bertz CT molecular complexity index is 634. The second-order valence-electron chi connectivity index (χ2n) is 7.35. The molecule has 0 aromatic heterocycles. The first-order valence-electron chi connectivity index (χ1n) is 8.87. The zero-order valence-corrected chi connectivity index (χ0v) is 16.2. The molecule has 1 atom stereocenters. The standard InChI is InChI=1S/C19H29N3O4/c1-14(20-18(24)26-19(2,3)4)17(23)22-12-10-21(11-13-22)15-8-6-7-9-16(15)25-5/h6-9,14H,10-13H2,1-5H3,(H,20,24). The Morgan fingerprint density at radius 3 is 2.31 bits per heavy atom. The molecule has 2 amide bonds. The van der Waals surface area contributed by atoms with Gasteiger partial charge in [0.25, 0.3) is 0 Å². The molecular formula is C19H29N3O4. The van der Waals surface area contributed by atoms with E-state index in [9.17, 15) is 9.59 Å². The minimum atomic E-state index is -0.623. The highest BCUT2D eigenvalue weighted by molar-refractivity contribution is 5.85. The van der Waals surface area contributed by atoms with Crippen LogP contribution in [0.4, 0.5) is 10.5 Å². The van der Waals surface area contributed by atoms with Gasteiger partial charge in [-0.05, 0) is 39.8 Å². The molecule has 1 aliphatic rings. The number of methoxy groups -OCH3 is 1. The van der Waals surface area contributed by atoms with Crippen LogP contribution >= 0.6 is 0 Å². The van der Waals surface area contributed by atoms with Crippen molar-refractivity contribution in [1.82, 2.24) is 10.2 Å². The van der Waals surface area contributed by atoms with Gasteiger partial charge in [0.05, 0.1) is 12.8 Å². The summed E-state index contributed by atoms with van der Waals surface area (Å²) in [5, 5.41) is 2.61. The van der Waals surface area contributed by atoms with E-state index >= 15 is 0 Å². The molecule has 144 valence electrons. The van der Waals surface area contributed by atoms with E-state index in [4.69, 9.17) is 9.47 Å². The SMILES string of the molecule is COc1ccccc1N1CCN(C(=O)C(C)NC(=O)OC(C)(C)C)CC1. The number of para-hydroxylation sites is 2. The predicted octanol–water partition coefficient (Wildman–Crippen LogP) is 2.26. The van der Waals surface area contributed by atoms with Gasteiger partial charge in [-0.1, -0.05) is 12.1 Å². The topological polar surface area (TPSA) is 71.1 Å². The quantitative estimate of drug-likeness (QED) is 0.888. The second-order valence-corrected chi connectivity index (χ2v) is 7.35. The van der Waals surface area contributed by atoms with Gasteiger partial charge in [0.15, 0.2) is 0 Å². The van der Waals surface area contributed by atoms with Gasteiger partial charge in [-0.15, -0.1) is 0 Å². The van der Waals surface area contributed by atoms with Crippen LogP contribution in [0.5, 0.6) is 5.75 Å². The molecule has 1 aliphatic heterocycles. The number of nitrogens with one attached hydrogen (secondary N) is 1. The van der Waals surface area contributed by atoms with Crippen molar-refractivity contribution < 1.29 is 19.1 Å². The van der Waals surface area contributed by atoms with Gasteiger partial charge in [-0.25, -0.2) is 4.79 Å². The summed E-state index contributed by atoms with van der Waals surface area (Å²) in [5.41, 5.74) is 0.440. The number of anilines is 1. The Kier molecular flexibility index (Phi) is 6.34. The van der Waals surface area contributed by atoms with Crippen molar-refractivity contribution in [2.45, 2.75) is 39.3 Å². The molecular weight excluding hydrogens is 334 g/mol. The fourth-order valence-electron chi connectivity index (χ4n) is 2.88. The molecule has 26 heavy (non-hydrogen) atoms. The Labute approximate surface area is 155 Å². The van der Waals surface area contributed by atoms with Gasteiger partial charge in [0, 0.05) is 26.2 Å². The van der Waals surface area contributed by atoms with Crippen molar-refractivity contribution >= 4 is 17.7 Å². The van der Waals surface area contributed by atoms with E-state index in [0.717, 1.165) is 11.4 Å². The summed E-state index contributed by atoms with van der Waals surface area (Å²) in [6.45, 7) is 9.66. The lowest BCUT2D eigenvalue weighted by atomic mass is 10.2. The first-order valence-corrected chi connectivity index (χ1v) is 8.87. The van der Waals surface area contributed by atoms with Crippen LogP contribution in [-0.4, -0.2) is 61.8 Å². The maximum atomic E-state index is 12.6. The number of ether oxygens (including phenoxy) is 2. The van der Waals surface area contributed by atoms with E-state index in [0.29, 0.717) is 26.2 Å². The van der Waals surface area contributed by atoms with Crippen molar-refractivity contribution in [3.63, 3.8) is 0 Å². The summed E-state index contributed by atoms with van der Waals surface area (Å²) in [4.78, 5) is 28.4. The minimum absolute atomic E-state index is 0.101. The number of amides is 2. The Hall–Kier alpha value is -2.44. The summed E-state index contributed by atoms with van der Waals surface area (Å²) in [6.07, 6.45) is -0.578. The van der Waals surface area contributed by atoms with Gasteiger partial charge < -0.3 is 24.6 Å². The summed E-state index contributed by atoms with van der Waals surface area (Å²) in [5.74, 6) is 0.725. The van der Waals surface area contributed by atoms with Crippen LogP contribution in [0, 0.1) is 0 Å². The molecule has 1 saturated heterocycles. The van der Waals surface area contributed by atoms with Crippen LogP contribution in [0.25, 0.3) is 0 Å². The molecule has 0 radical (unpaired) electrons. The lowest BCUT2D eigenvalue weighted by Crippen LogP contribution is -2.54. The van der Waals surface area contributed by atoms with Crippen LogP contribution in [0.2, 0.25) is 0 Å². The third-order valence-corrected chi connectivity index (χ3v) is 4.12. The highest BCUT2D eigenvalue weighted by Gasteiger charge is 2.28. The lowest BCUT2D eigenvalue weighted by Gasteiger charge is -2.37. The van der Waals surface area contributed by atoms with Crippen LogP contribution in [0.3, 0.4) is 0 Å². The van der Waals surface area contributed by atoms with Gasteiger partial charge in [0.2, 0.25) is 5.91 Å². The zero-order chi connectivity index (χ0) is 19.3. The number of carbonyl (C=O) groups excluding carboxylic acids is 2. The molecule has 2 rings (SSSR count). The summed E-state index contributed by atoms with van der Waals surface area (Å²) in [7, 11) is 1.66. The molecule has 7 heteroatoms. The maximum absolute atomic E-state index is 12.6. The average molecular weight is 363 g/mol. The lowest BCUT2D eigenvalue weighted by molar-refractivity contribution is -0.133. The molecule has 1 unspecified atom stereocenters.